The molecule has 0 fully saturated rings. The third kappa shape index (κ3) is 2.11. The molecule has 0 unspecified atom stereocenters. The second-order valence-corrected chi connectivity index (χ2v) is 8.47. The Morgan fingerprint density at radius 3 is 1.59 bits per heavy atom. The Bertz CT molecular complexity index is 434. The van der Waals surface area contributed by atoms with E-state index in [2.05, 4.69) is 79.9 Å². The molecule has 0 aliphatic carbocycles. The Hall–Kier alpha value is -1.60. The van der Waals surface area contributed by atoms with Crippen molar-refractivity contribution in [2.45, 2.75) is 13.0 Å². The van der Waals surface area contributed by atoms with E-state index >= 15 is 0 Å². The number of hydrogen-bond donors (Lipinski definition) is 0. The average molecular weight is 238 g/mol. The van der Waals surface area contributed by atoms with Crippen molar-refractivity contribution in [3.8, 4) is 0 Å². The van der Waals surface area contributed by atoms with Crippen LogP contribution in [0.15, 0.2) is 72.9 Å². The van der Waals surface area contributed by atoms with E-state index in [1.807, 2.05) is 0 Å². The average Bonchev–Trinajstić information content (AvgIpc) is 2.43. The summed E-state index contributed by atoms with van der Waals surface area (Å²) >= 11 is 0. The summed E-state index contributed by atoms with van der Waals surface area (Å²) in [5.74, 6) is 0. The van der Waals surface area contributed by atoms with Crippen LogP contribution in [0.1, 0.15) is 6.92 Å². The quantitative estimate of drug-likeness (QED) is 0.718. The molecule has 1 heteroatoms. The molecule has 0 aliphatic rings. The molecule has 0 saturated carbocycles. The monoisotopic (exact) mass is 238 g/mol. The van der Waals surface area contributed by atoms with E-state index in [9.17, 15) is 0 Å². The lowest BCUT2D eigenvalue weighted by atomic mass is 10.4. The first-order valence-corrected chi connectivity index (χ1v) is 8.36. The predicted molar refractivity (Wildman–Crippen MR) is 78.6 cm³/mol. The fraction of sp³-hybridized carbons (Fsp3) is 0.125. The fourth-order valence-electron chi connectivity index (χ4n) is 2.43. The Balaban J connectivity index is 2.58. The van der Waals surface area contributed by atoms with Crippen LogP contribution >= 0.6 is 0 Å². The molecular weight excluding hydrogens is 220 g/mol. The van der Waals surface area contributed by atoms with Gasteiger partial charge in [-0.15, -0.1) is 6.58 Å². The Morgan fingerprint density at radius 1 is 0.882 bits per heavy atom. The standard InChI is InChI=1S/C16H18Si/c1-3-17(4-2,15-11-7-5-8-12-15)16-13-9-6-10-14-16/h3,5-14H,1,4H2,2H3. The summed E-state index contributed by atoms with van der Waals surface area (Å²) < 4.78 is 0. The molecule has 0 N–H and O–H groups in total. The third-order valence-corrected chi connectivity index (χ3v) is 8.02. The van der Waals surface area contributed by atoms with Gasteiger partial charge in [0.25, 0.3) is 0 Å². The van der Waals surface area contributed by atoms with Crippen molar-refractivity contribution >= 4 is 18.4 Å². The van der Waals surface area contributed by atoms with Gasteiger partial charge in [-0.25, -0.2) is 0 Å². The van der Waals surface area contributed by atoms with Crippen molar-refractivity contribution in [1.82, 2.24) is 0 Å². The van der Waals surface area contributed by atoms with Crippen LogP contribution in [0.25, 0.3) is 0 Å². The highest BCUT2D eigenvalue weighted by molar-refractivity contribution is 7.05. The lowest BCUT2D eigenvalue weighted by Crippen LogP contribution is -2.56. The van der Waals surface area contributed by atoms with E-state index in [0.717, 1.165) is 6.04 Å². The Labute approximate surface area is 105 Å². The van der Waals surface area contributed by atoms with Gasteiger partial charge in [0.2, 0.25) is 0 Å². The smallest absolute Gasteiger partial charge is 0.106 e. The zero-order chi connectivity index (χ0) is 12.1. The van der Waals surface area contributed by atoms with Crippen LogP contribution in [-0.2, 0) is 0 Å². The molecule has 86 valence electrons. The molecule has 2 rings (SSSR count). The van der Waals surface area contributed by atoms with E-state index in [0.29, 0.717) is 0 Å². The van der Waals surface area contributed by atoms with Gasteiger partial charge in [-0.1, -0.05) is 73.3 Å². The number of hydrogen-bond acceptors (Lipinski definition) is 0. The maximum atomic E-state index is 4.12. The van der Waals surface area contributed by atoms with Crippen LogP contribution in [-0.4, -0.2) is 8.07 Å². The largest absolute Gasteiger partial charge is 0.140 e. The van der Waals surface area contributed by atoms with Crippen LogP contribution < -0.4 is 10.4 Å². The summed E-state index contributed by atoms with van der Waals surface area (Å²) in [4.78, 5) is 0. The van der Waals surface area contributed by atoms with Crippen LogP contribution in [0, 0.1) is 0 Å². The number of rotatable bonds is 4. The summed E-state index contributed by atoms with van der Waals surface area (Å²) in [7, 11) is -1.73. The first-order valence-electron chi connectivity index (χ1n) is 6.08. The molecule has 0 nitrogen and oxygen atoms in total. The summed E-state index contributed by atoms with van der Waals surface area (Å²) in [6.45, 7) is 6.39. The summed E-state index contributed by atoms with van der Waals surface area (Å²) in [6.07, 6.45) is 0. The van der Waals surface area contributed by atoms with E-state index in [4.69, 9.17) is 0 Å². The van der Waals surface area contributed by atoms with Gasteiger partial charge in [-0.3, -0.25) is 0 Å². The van der Waals surface area contributed by atoms with Crippen molar-refractivity contribution < 1.29 is 0 Å². The molecule has 0 bridgehead atoms. The van der Waals surface area contributed by atoms with E-state index < -0.39 is 8.07 Å². The normalized spacial score (nSPS) is 11.1. The molecule has 0 heterocycles. The zero-order valence-electron chi connectivity index (χ0n) is 10.3. The second-order valence-electron chi connectivity index (χ2n) is 4.26. The molecule has 2 aromatic rings. The minimum atomic E-state index is -1.73. The maximum Gasteiger partial charge on any atom is 0.140 e. The second kappa shape index (κ2) is 5.15. The van der Waals surface area contributed by atoms with Gasteiger partial charge in [-0.2, -0.15) is 0 Å². The van der Waals surface area contributed by atoms with Crippen LogP contribution in [0.2, 0.25) is 6.04 Å². The molecule has 0 radical (unpaired) electrons. The number of benzene rings is 2. The third-order valence-electron chi connectivity index (χ3n) is 3.48. The van der Waals surface area contributed by atoms with Gasteiger partial charge in [0.15, 0.2) is 0 Å². The zero-order valence-corrected chi connectivity index (χ0v) is 11.3. The molecule has 0 saturated heterocycles. The topological polar surface area (TPSA) is 0 Å². The van der Waals surface area contributed by atoms with Gasteiger partial charge in [0.05, 0.1) is 0 Å². The minimum absolute atomic E-state index is 1.16. The highest BCUT2D eigenvalue weighted by Crippen LogP contribution is 2.11. The summed E-state index contributed by atoms with van der Waals surface area (Å²) in [5, 5.41) is 2.90. The van der Waals surface area contributed by atoms with Crippen LogP contribution in [0.5, 0.6) is 0 Å². The first-order chi connectivity index (χ1) is 8.33. The molecule has 0 amide bonds. The van der Waals surface area contributed by atoms with E-state index in [-0.39, 0.29) is 0 Å². The Morgan fingerprint density at radius 2 is 1.29 bits per heavy atom. The molecule has 2 aromatic carbocycles. The first kappa shape index (κ1) is 11.9. The van der Waals surface area contributed by atoms with Gasteiger partial charge in [0, 0.05) is 0 Å². The highest BCUT2D eigenvalue weighted by atomic mass is 28.3. The van der Waals surface area contributed by atoms with Crippen molar-refractivity contribution in [2.24, 2.45) is 0 Å². The molecule has 0 spiro atoms. The van der Waals surface area contributed by atoms with Crippen molar-refractivity contribution in [3.05, 3.63) is 72.9 Å². The van der Waals surface area contributed by atoms with E-state index in [1.54, 1.807) is 0 Å². The SMILES string of the molecule is C=C[Si](CC)(c1ccccc1)c1ccccc1. The summed E-state index contributed by atoms with van der Waals surface area (Å²) in [6, 6.07) is 22.8. The highest BCUT2D eigenvalue weighted by Gasteiger charge is 2.31. The van der Waals surface area contributed by atoms with Gasteiger partial charge in [0.1, 0.15) is 8.07 Å². The van der Waals surface area contributed by atoms with Crippen molar-refractivity contribution in [1.29, 1.82) is 0 Å². The molecule has 17 heavy (non-hydrogen) atoms. The lowest BCUT2D eigenvalue weighted by Gasteiger charge is -2.28. The lowest BCUT2D eigenvalue weighted by molar-refractivity contribution is 1.40. The Kier molecular flexibility index (Phi) is 3.60. The van der Waals surface area contributed by atoms with Crippen molar-refractivity contribution in [2.75, 3.05) is 0 Å². The molecule has 0 aliphatic heterocycles. The van der Waals surface area contributed by atoms with Gasteiger partial charge in [-0.05, 0) is 16.4 Å². The van der Waals surface area contributed by atoms with Gasteiger partial charge < -0.3 is 0 Å². The maximum absolute atomic E-state index is 4.12. The predicted octanol–water partition coefficient (Wildman–Crippen LogP) is 2.99. The van der Waals surface area contributed by atoms with Crippen molar-refractivity contribution in [3.63, 3.8) is 0 Å². The summed E-state index contributed by atoms with van der Waals surface area (Å²) in [5.41, 5.74) is 2.21. The molecule has 0 aromatic heterocycles. The van der Waals surface area contributed by atoms with Crippen LogP contribution in [0.3, 0.4) is 0 Å². The van der Waals surface area contributed by atoms with E-state index in [1.165, 1.54) is 10.4 Å². The molecule has 0 atom stereocenters. The minimum Gasteiger partial charge on any atom is -0.106 e. The molecular formula is C16H18Si. The van der Waals surface area contributed by atoms with Crippen LogP contribution in [0.4, 0.5) is 0 Å². The fourth-order valence-corrected chi connectivity index (χ4v) is 5.91. The van der Waals surface area contributed by atoms with Gasteiger partial charge >= 0.3 is 0 Å².